The third-order valence-electron chi connectivity index (χ3n) is 2.40. The van der Waals surface area contributed by atoms with Crippen LogP contribution >= 0.6 is 0 Å². The SMILES string of the molecule is NCCCc1cc(NC2CC2)ccn1. The molecule has 0 aliphatic heterocycles. The maximum absolute atomic E-state index is 5.46. The van der Waals surface area contributed by atoms with E-state index in [4.69, 9.17) is 5.73 Å². The lowest BCUT2D eigenvalue weighted by Gasteiger charge is -2.05. The van der Waals surface area contributed by atoms with Gasteiger partial charge in [0.25, 0.3) is 0 Å². The van der Waals surface area contributed by atoms with Crippen molar-refractivity contribution in [1.29, 1.82) is 0 Å². The molecule has 14 heavy (non-hydrogen) atoms. The van der Waals surface area contributed by atoms with Crippen molar-refractivity contribution in [3.63, 3.8) is 0 Å². The van der Waals surface area contributed by atoms with Gasteiger partial charge in [-0.3, -0.25) is 4.98 Å². The van der Waals surface area contributed by atoms with Gasteiger partial charge in [0.15, 0.2) is 0 Å². The normalized spacial score (nSPS) is 15.5. The van der Waals surface area contributed by atoms with E-state index in [1.165, 1.54) is 18.5 Å². The number of aromatic nitrogens is 1. The van der Waals surface area contributed by atoms with Crippen LogP contribution < -0.4 is 11.1 Å². The van der Waals surface area contributed by atoms with E-state index in [1.807, 2.05) is 12.3 Å². The Balaban J connectivity index is 1.94. The fraction of sp³-hybridized carbons (Fsp3) is 0.545. The van der Waals surface area contributed by atoms with E-state index in [9.17, 15) is 0 Å². The van der Waals surface area contributed by atoms with Gasteiger partial charge >= 0.3 is 0 Å². The van der Waals surface area contributed by atoms with Crippen molar-refractivity contribution in [2.24, 2.45) is 5.73 Å². The molecule has 1 fully saturated rings. The van der Waals surface area contributed by atoms with Gasteiger partial charge in [-0.15, -0.1) is 0 Å². The number of nitrogens with zero attached hydrogens (tertiary/aromatic N) is 1. The van der Waals surface area contributed by atoms with Crippen LogP contribution in [-0.4, -0.2) is 17.6 Å². The fourth-order valence-electron chi connectivity index (χ4n) is 1.45. The maximum atomic E-state index is 5.46. The first kappa shape index (κ1) is 9.46. The standard InChI is InChI=1S/C11H17N3/c12-6-1-2-10-8-11(5-7-13-10)14-9-3-4-9/h5,7-9H,1-4,6,12H2,(H,13,14). The minimum atomic E-state index is 0.708. The molecule has 1 aliphatic carbocycles. The van der Waals surface area contributed by atoms with Crippen molar-refractivity contribution >= 4 is 5.69 Å². The largest absolute Gasteiger partial charge is 0.382 e. The first-order valence-corrected chi connectivity index (χ1v) is 5.30. The molecule has 0 radical (unpaired) electrons. The summed E-state index contributed by atoms with van der Waals surface area (Å²) in [6.07, 6.45) is 6.48. The summed E-state index contributed by atoms with van der Waals surface area (Å²) in [6, 6.07) is 4.87. The molecule has 1 heterocycles. The average molecular weight is 191 g/mol. The van der Waals surface area contributed by atoms with E-state index in [1.54, 1.807) is 0 Å². The molecule has 76 valence electrons. The van der Waals surface area contributed by atoms with Crippen LogP contribution in [0.15, 0.2) is 18.3 Å². The second-order valence-electron chi connectivity index (χ2n) is 3.85. The first-order valence-electron chi connectivity index (χ1n) is 5.30. The summed E-state index contributed by atoms with van der Waals surface area (Å²) < 4.78 is 0. The molecule has 1 aromatic rings. The number of nitrogens with one attached hydrogen (secondary N) is 1. The third-order valence-corrected chi connectivity index (χ3v) is 2.40. The molecule has 0 bridgehead atoms. The lowest BCUT2D eigenvalue weighted by Crippen LogP contribution is -2.04. The molecule has 0 aromatic carbocycles. The number of hydrogen-bond acceptors (Lipinski definition) is 3. The lowest BCUT2D eigenvalue weighted by molar-refractivity contribution is 0.810. The van der Waals surface area contributed by atoms with Crippen molar-refractivity contribution in [2.75, 3.05) is 11.9 Å². The third kappa shape index (κ3) is 2.70. The van der Waals surface area contributed by atoms with Gasteiger partial charge in [-0.1, -0.05) is 0 Å². The predicted molar refractivity (Wildman–Crippen MR) is 58.3 cm³/mol. The van der Waals surface area contributed by atoms with Crippen LogP contribution in [0.4, 0.5) is 5.69 Å². The van der Waals surface area contributed by atoms with Gasteiger partial charge < -0.3 is 11.1 Å². The number of anilines is 1. The van der Waals surface area contributed by atoms with Gasteiger partial charge in [-0.25, -0.2) is 0 Å². The summed E-state index contributed by atoms with van der Waals surface area (Å²) in [7, 11) is 0. The average Bonchev–Trinajstić information content (AvgIpc) is 2.99. The Morgan fingerprint density at radius 1 is 1.50 bits per heavy atom. The molecular weight excluding hydrogens is 174 g/mol. The topological polar surface area (TPSA) is 50.9 Å². The second kappa shape index (κ2) is 4.42. The van der Waals surface area contributed by atoms with E-state index in [0.717, 1.165) is 25.1 Å². The Morgan fingerprint density at radius 3 is 3.07 bits per heavy atom. The minimum absolute atomic E-state index is 0.708. The Hall–Kier alpha value is -1.09. The molecule has 0 spiro atoms. The van der Waals surface area contributed by atoms with Crippen molar-refractivity contribution in [3.05, 3.63) is 24.0 Å². The van der Waals surface area contributed by atoms with Gasteiger partial charge in [0.1, 0.15) is 0 Å². The number of nitrogens with two attached hydrogens (primary N) is 1. The highest BCUT2D eigenvalue weighted by Gasteiger charge is 2.20. The Kier molecular flexibility index (Phi) is 2.99. The van der Waals surface area contributed by atoms with E-state index < -0.39 is 0 Å². The number of pyridine rings is 1. The molecule has 3 nitrogen and oxygen atoms in total. The molecule has 0 saturated heterocycles. The van der Waals surface area contributed by atoms with E-state index >= 15 is 0 Å². The number of aryl methyl sites for hydroxylation is 1. The molecule has 0 amide bonds. The monoisotopic (exact) mass is 191 g/mol. The lowest BCUT2D eigenvalue weighted by atomic mass is 10.2. The van der Waals surface area contributed by atoms with E-state index in [0.29, 0.717) is 6.04 Å². The van der Waals surface area contributed by atoms with Gasteiger partial charge in [-0.05, 0) is 44.4 Å². The molecule has 3 heteroatoms. The summed E-state index contributed by atoms with van der Waals surface area (Å²) in [4.78, 5) is 4.31. The van der Waals surface area contributed by atoms with Crippen molar-refractivity contribution < 1.29 is 0 Å². The van der Waals surface area contributed by atoms with Crippen LogP contribution in [0.25, 0.3) is 0 Å². The van der Waals surface area contributed by atoms with Gasteiger partial charge in [0.05, 0.1) is 0 Å². The molecular formula is C11H17N3. The zero-order chi connectivity index (χ0) is 9.80. The van der Waals surface area contributed by atoms with Crippen LogP contribution in [0.2, 0.25) is 0 Å². The fourth-order valence-corrected chi connectivity index (χ4v) is 1.45. The van der Waals surface area contributed by atoms with Crippen LogP contribution in [0.1, 0.15) is 25.0 Å². The number of hydrogen-bond donors (Lipinski definition) is 2. The van der Waals surface area contributed by atoms with Crippen LogP contribution in [0.3, 0.4) is 0 Å². The highest BCUT2D eigenvalue weighted by Crippen LogP contribution is 2.24. The van der Waals surface area contributed by atoms with Crippen molar-refractivity contribution in [3.8, 4) is 0 Å². The number of rotatable bonds is 5. The molecule has 1 saturated carbocycles. The predicted octanol–water partition coefficient (Wildman–Crippen LogP) is 1.55. The van der Waals surface area contributed by atoms with Gasteiger partial charge in [-0.2, -0.15) is 0 Å². The first-order chi connectivity index (χ1) is 6.88. The zero-order valence-corrected chi connectivity index (χ0v) is 8.37. The molecule has 2 rings (SSSR count). The quantitative estimate of drug-likeness (QED) is 0.742. The smallest absolute Gasteiger partial charge is 0.0424 e. The van der Waals surface area contributed by atoms with E-state index in [2.05, 4.69) is 16.4 Å². The highest BCUT2D eigenvalue weighted by atomic mass is 15.0. The van der Waals surface area contributed by atoms with Gasteiger partial charge in [0.2, 0.25) is 0 Å². The summed E-state index contributed by atoms with van der Waals surface area (Å²) in [5.74, 6) is 0. The van der Waals surface area contributed by atoms with Crippen LogP contribution in [-0.2, 0) is 6.42 Å². The Labute approximate surface area is 84.7 Å². The molecule has 3 N–H and O–H groups in total. The Bertz CT molecular complexity index is 294. The summed E-state index contributed by atoms with van der Waals surface area (Å²) in [6.45, 7) is 0.738. The highest BCUT2D eigenvalue weighted by molar-refractivity contribution is 5.45. The van der Waals surface area contributed by atoms with Gasteiger partial charge in [0, 0.05) is 23.6 Å². The summed E-state index contributed by atoms with van der Waals surface area (Å²) >= 11 is 0. The molecule has 0 atom stereocenters. The van der Waals surface area contributed by atoms with Crippen molar-refractivity contribution in [2.45, 2.75) is 31.7 Å². The van der Waals surface area contributed by atoms with Crippen molar-refractivity contribution in [1.82, 2.24) is 4.98 Å². The Morgan fingerprint density at radius 2 is 2.36 bits per heavy atom. The maximum Gasteiger partial charge on any atom is 0.0424 e. The molecule has 1 aromatic heterocycles. The molecule has 0 unspecified atom stereocenters. The van der Waals surface area contributed by atoms with E-state index in [-0.39, 0.29) is 0 Å². The van der Waals surface area contributed by atoms with Crippen LogP contribution in [0, 0.1) is 0 Å². The zero-order valence-electron chi connectivity index (χ0n) is 8.37. The molecule has 1 aliphatic rings. The minimum Gasteiger partial charge on any atom is -0.382 e. The summed E-state index contributed by atoms with van der Waals surface area (Å²) in [5, 5.41) is 3.46. The second-order valence-corrected chi connectivity index (χ2v) is 3.85. The van der Waals surface area contributed by atoms with Crippen LogP contribution in [0.5, 0.6) is 0 Å². The summed E-state index contributed by atoms with van der Waals surface area (Å²) in [5.41, 5.74) is 7.80.